The molecule has 0 spiro atoms. The molecule has 1 aromatic heterocycles. The number of imidazole rings is 1. The first kappa shape index (κ1) is 28.4. The van der Waals surface area contributed by atoms with Crippen LogP contribution in [-0.4, -0.2) is 84.3 Å². The molecular formula is C28H39N5O6. The van der Waals surface area contributed by atoms with E-state index in [-0.39, 0.29) is 30.2 Å². The first-order valence-electron chi connectivity index (χ1n) is 13.7. The molecule has 2 N–H and O–H groups in total. The Labute approximate surface area is 229 Å². The molecule has 1 saturated heterocycles. The number of amides is 3. The first-order chi connectivity index (χ1) is 18.9. The van der Waals surface area contributed by atoms with Gasteiger partial charge in [-0.05, 0) is 49.8 Å². The lowest BCUT2D eigenvalue weighted by molar-refractivity contribution is -0.144. The number of fused-ring (bicyclic) bond motifs is 4. The molecule has 0 saturated carbocycles. The summed E-state index contributed by atoms with van der Waals surface area (Å²) >= 11 is 0. The summed E-state index contributed by atoms with van der Waals surface area (Å²) in [5.41, 5.74) is 0.877. The summed E-state index contributed by atoms with van der Waals surface area (Å²) in [4.78, 5) is 45.2. The molecule has 39 heavy (non-hydrogen) atoms. The highest BCUT2D eigenvalue weighted by molar-refractivity contribution is 5.91. The molecule has 0 unspecified atom stereocenters. The van der Waals surface area contributed by atoms with E-state index in [0.29, 0.717) is 63.6 Å². The number of benzene rings is 1. The van der Waals surface area contributed by atoms with Crippen LogP contribution in [0.3, 0.4) is 0 Å². The Morgan fingerprint density at radius 1 is 1.15 bits per heavy atom. The lowest BCUT2D eigenvalue weighted by Gasteiger charge is -2.27. The number of nitrogens with zero attached hydrogens (tertiary/aromatic N) is 3. The summed E-state index contributed by atoms with van der Waals surface area (Å²) in [7, 11) is 1.59. The molecule has 3 heterocycles. The third-order valence-electron chi connectivity index (χ3n) is 6.96. The fourth-order valence-electron chi connectivity index (χ4n) is 4.86. The average molecular weight is 542 g/mol. The van der Waals surface area contributed by atoms with E-state index < -0.39 is 12.1 Å². The monoisotopic (exact) mass is 541 g/mol. The van der Waals surface area contributed by atoms with E-state index in [1.807, 2.05) is 42.8 Å². The third kappa shape index (κ3) is 7.29. The molecule has 1 aromatic carbocycles. The number of carbonyl (C=O) groups excluding carboxylic acids is 3. The summed E-state index contributed by atoms with van der Waals surface area (Å²) in [6.07, 6.45) is 5.70. The fourth-order valence-corrected chi connectivity index (χ4v) is 4.86. The van der Waals surface area contributed by atoms with E-state index >= 15 is 0 Å². The van der Waals surface area contributed by atoms with Gasteiger partial charge in [-0.2, -0.15) is 0 Å². The fraction of sp³-hybridized carbons (Fsp3) is 0.571. The standard InChI is InChI=1S/C28H39N5O6/c1-19(2)25-27(35)30-10-5-12-32-14-11-29-26(32)20-8-9-21(37-3)23(17-20)39-16-6-13-33(18-24(34)31-25)28(36)22-7-4-15-38-22/h8-9,11,14,17,19,22,25H,4-7,10,12-13,15-16,18H2,1-3H3,(H,30,35)(H,31,34)/t22-,25-/m1/s1. The van der Waals surface area contributed by atoms with Crippen molar-refractivity contribution in [2.45, 2.75) is 58.2 Å². The maximum atomic E-state index is 13.2. The van der Waals surface area contributed by atoms with Crippen molar-refractivity contribution < 1.29 is 28.6 Å². The molecule has 3 amide bonds. The number of methoxy groups -OCH3 is 1. The highest BCUT2D eigenvalue weighted by atomic mass is 16.5. The number of ether oxygens (including phenoxy) is 3. The molecular weight excluding hydrogens is 502 g/mol. The normalized spacial score (nSPS) is 21.6. The minimum Gasteiger partial charge on any atom is -0.493 e. The van der Waals surface area contributed by atoms with Crippen LogP contribution in [0.1, 0.15) is 39.5 Å². The second-order valence-corrected chi connectivity index (χ2v) is 10.2. The largest absolute Gasteiger partial charge is 0.493 e. The number of hydrogen-bond acceptors (Lipinski definition) is 7. The van der Waals surface area contributed by atoms with E-state index in [4.69, 9.17) is 14.2 Å². The van der Waals surface area contributed by atoms with E-state index in [9.17, 15) is 14.4 Å². The lowest BCUT2D eigenvalue weighted by atomic mass is 10.0. The van der Waals surface area contributed by atoms with Crippen LogP contribution in [0.25, 0.3) is 11.4 Å². The van der Waals surface area contributed by atoms with Crippen LogP contribution in [0.5, 0.6) is 11.5 Å². The molecule has 11 nitrogen and oxygen atoms in total. The third-order valence-corrected chi connectivity index (χ3v) is 6.96. The summed E-state index contributed by atoms with van der Waals surface area (Å²) in [5.74, 6) is 0.984. The van der Waals surface area contributed by atoms with Gasteiger partial charge in [-0.15, -0.1) is 0 Å². The second-order valence-electron chi connectivity index (χ2n) is 10.2. The van der Waals surface area contributed by atoms with Gasteiger partial charge in [-0.1, -0.05) is 13.8 Å². The maximum Gasteiger partial charge on any atom is 0.252 e. The molecule has 1 fully saturated rings. The molecule has 212 valence electrons. The molecule has 4 rings (SSSR count). The Kier molecular flexibility index (Phi) is 9.80. The number of rotatable bonds is 3. The summed E-state index contributed by atoms with van der Waals surface area (Å²) in [5, 5.41) is 5.79. The summed E-state index contributed by atoms with van der Waals surface area (Å²) in [6, 6.07) is 4.96. The second kappa shape index (κ2) is 13.5. The van der Waals surface area contributed by atoms with Gasteiger partial charge in [-0.3, -0.25) is 14.4 Å². The highest BCUT2D eigenvalue weighted by Crippen LogP contribution is 2.32. The van der Waals surface area contributed by atoms with Crippen LogP contribution in [0.4, 0.5) is 0 Å². The summed E-state index contributed by atoms with van der Waals surface area (Å²) < 4.78 is 19.2. The molecule has 0 radical (unpaired) electrons. The van der Waals surface area contributed by atoms with Gasteiger partial charge in [-0.25, -0.2) is 4.98 Å². The zero-order chi connectivity index (χ0) is 27.8. The molecule has 2 bridgehead atoms. The van der Waals surface area contributed by atoms with Crippen molar-refractivity contribution in [2.24, 2.45) is 5.92 Å². The maximum absolute atomic E-state index is 13.2. The molecule has 2 atom stereocenters. The van der Waals surface area contributed by atoms with Crippen LogP contribution < -0.4 is 20.1 Å². The number of hydrogen-bond donors (Lipinski definition) is 2. The van der Waals surface area contributed by atoms with Crippen LogP contribution in [0, 0.1) is 5.92 Å². The quantitative estimate of drug-likeness (QED) is 0.609. The van der Waals surface area contributed by atoms with Gasteiger partial charge in [0, 0.05) is 44.2 Å². The Hall–Kier alpha value is -3.60. The smallest absolute Gasteiger partial charge is 0.252 e. The molecule has 2 aliphatic heterocycles. The SMILES string of the molecule is COc1ccc2cc1OCCCN(C(=O)[C@H]1CCCO1)CC(=O)N[C@H](C(C)C)C(=O)NCCCn1ccnc1-2. The van der Waals surface area contributed by atoms with Gasteiger partial charge in [0.15, 0.2) is 11.5 Å². The molecule has 2 aliphatic rings. The zero-order valence-corrected chi connectivity index (χ0v) is 23.0. The van der Waals surface area contributed by atoms with Crippen molar-refractivity contribution in [3.05, 3.63) is 30.6 Å². The van der Waals surface area contributed by atoms with E-state index in [2.05, 4.69) is 15.6 Å². The Morgan fingerprint density at radius 2 is 2.00 bits per heavy atom. The van der Waals surface area contributed by atoms with Gasteiger partial charge < -0.3 is 34.3 Å². The molecule has 0 aliphatic carbocycles. The van der Waals surface area contributed by atoms with E-state index in [1.165, 1.54) is 4.90 Å². The molecule has 2 aromatic rings. The van der Waals surface area contributed by atoms with Crippen molar-refractivity contribution in [2.75, 3.05) is 40.0 Å². The lowest BCUT2D eigenvalue weighted by Crippen LogP contribution is -2.53. The van der Waals surface area contributed by atoms with Crippen molar-refractivity contribution >= 4 is 17.7 Å². The predicted molar refractivity (Wildman–Crippen MR) is 144 cm³/mol. The number of nitrogens with one attached hydrogen (secondary N) is 2. The van der Waals surface area contributed by atoms with Crippen molar-refractivity contribution in [3.63, 3.8) is 0 Å². The molecule has 11 heteroatoms. The Bertz CT molecular complexity index is 1140. The number of aryl methyl sites for hydroxylation is 1. The van der Waals surface area contributed by atoms with Crippen LogP contribution >= 0.6 is 0 Å². The minimum absolute atomic E-state index is 0.125. The van der Waals surface area contributed by atoms with Crippen molar-refractivity contribution in [3.8, 4) is 22.9 Å². The average Bonchev–Trinajstić information content (AvgIpc) is 3.63. The van der Waals surface area contributed by atoms with Crippen LogP contribution in [0.2, 0.25) is 0 Å². The topological polar surface area (TPSA) is 124 Å². The van der Waals surface area contributed by atoms with Gasteiger partial charge in [0.25, 0.3) is 5.91 Å². The van der Waals surface area contributed by atoms with Crippen LogP contribution in [-0.2, 0) is 25.7 Å². The van der Waals surface area contributed by atoms with Gasteiger partial charge >= 0.3 is 0 Å². The highest BCUT2D eigenvalue weighted by Gasteiger charge is 2.31. The Morgan fingerprint density at radius 3 is 2.74 bits per heavy atom. The minimum atomic E-state index is -0.708. The predicted octanol–water partition coefficient (Wildman–Crippen LogP) is 2.00. The van der Waals surface area contributed by atoms with Gasteiger partial charge in [0.05, 0.1) is 20.3 Å². The van der Waals surface area contributed by atoms with E-state index in [1.54, 1.807) is 13.3 Å². The van der Waals surface area contributed by atoms with Crippen molar-refractivity contribution in [1.29, 1.82) is 0 Å². The van der Waals surface area contributed by atoms with Gasteiger partial charge in [0.1, 0.15) is 18.0 Å². The first-order valence-corrected chi connectivity index (χ1v) is 13.7. The number of aromatic nitrogens is 2. The zero-order valence-electron chi connectivity index (χ0n) is 23.0. The summed E-state index contributed by atoms with van der Waals surface area (Å²) in [6.45, 7) is 5.84. The van der Waals surface area contributed by atoms with E-state index in [0.717, 1.165) is 17.8 Å². The van der Waals surface area contributed by atoms with Gasteiger partial charge in [0.2, 0.25) is 11.8 Å². The van der Waals surface area contributed by atoms with Crippen LogP contribution in [0.15, 0.2) is 30.6 Å². The Balaban J connectivity index is 1.57. The van der Waals surface area contributed by atoms with Crippen molar-refractivity contribution in [1.82, 2.24) is 25.1 Å². The number of carbonyl (C=O) groups is 3.